The monoisotopic (exact) mass is 394 g/mol. The number of nitrogens with one attached hydrogen (secondary N) is 1. The van der Waals surface area contributed by atoms with Crippen LogP contribution >= 0.6 is 11.6 Å². The maximum Gasteiger partial charge on any atom is 0.227 e. The number of benzene rings is 2. The van der Waals surface area contributed by atoms with E-state index in [1.54, 1.807) is 19.4 Å². The summed E-state index contributed by atoms with van der Waals surface area (Å²) in [5.41, 5.74) is 3.22. The number of aromatic nitrogens is 2. The van der Waals surface area contributed by atoms with Gasteiger partial charge in [0, 0.05) is 41.6 Å². The number of morpholine rings is 1. The summed E-state index contributed by atoms with van der Waals surface area (Å²) in [5, 5.41) is 4.32. The summed E-state index contributed by atoms with van der Waals surface area (Å²) in [6.45, 7) is 3.33. The van der Waals surface area contributed by atoms with Crippen LogP contribution in [0, 0.1) is 12.3 Å². The normalized spacial score (nSPS) is 14.0. The molecule has 1 aliphatic heterocycles. The van der Waals surface area contributed by atoms with Gasteiger partial charge < -0.3 is 19.7 Å². The van der Waals surface area contributed by atoms with Crippen LogP contribution < -0.4 is 15.0 Å². The molecule has 1 fully saturated rings. The summed E-state index contributed by atoms with van der Waals surface area (Å²) in [6, 6.07) is 9.86. The van der Waals surface area contributed by atoms with E-state index in [-0.39, 0.29) is 0 Å². The third kappa shape index (κ3) is 3.55. The van der Waals surface area contributed by atoms with Crippen molar-refractivity contribution >= 4 is 39.8 Å². The number of hydrogen-bond donors (Lipinski definition) is 1. The van der Waals surface area contributed by atoms with E-state index in [4.69, 9.17) is 27.5 Å². The molecule has 3 aromatic rings. The van der Waals surface area contributed by atoms with Gasteiger partial charge in [0.25, 0.3) is 0 Å². The fourth-order valence-electron chi connectivity index (χ4n) is 3.17. The van der Waals surface area contributed by atoms with E-state index in [2.05, 4.69) is 38.2 Å². The van der Waals surface area contributed by atoms with Gasteiger partial charge >= 0.3 is 0 Å². The van der Waals surface area contributed by atoms with E-state index in [9.17, 15) is 0 Å². The fourth-order valence-corrected chi connectivity index (χ4v) is 3.41. The highest BCUT2D eigenvalue weighted by Gasteiger charge is 2.14. The smallest absolute Gasteiger partial charge is 0.227 e. The predicted molar refractivity (Wildman–Crippen MR) is 112 cm³/mol. The molecule has 0 spiro atoms. The van der Waals surface area contributed by atoms with Gasteiger partial charge in [0.1, 0.15) is 11.3 Å². The van der Waals surface area contributed by atoms with Crippen LogP contribution in [-0.4, -0.2) is 43.4 Å². The second-order valence-corrected chi connectivity index (χ2v) is 6.69. The molecule has 1 N–H and O–H groups in total. The molecule has 6 nitrogen and oxygen atoms in total. The van der Waals surface area contributed by atoms with E-state index >= 15 is 0 Å². The Morgan fingerprint density at radius 2 is 2.00 bits per heavy atom. The average Bonchev–Trinajstić information content (AvgIpc) is 2.75. The van der Waals surface area contributed by atoms with Gasteiger partial charge in [-0.2, -0.15) is 0 Å². The van der Waals surface area contributed by atoms with Gasteiger partial charge in [-0.05, 0) is 30.3 Å². The maximum atomic E-state index is 6.36. The van der Waals surface area contributed by atoms with Crippen molar-refractivity contribution in [2.75, 3.05) is 43.6 Å². The summed E-state index contributed by atoms with van der Waals surface area (Å²) >= 11 is 6.36. The fraction of sp³-hybridized carbons (Fsp3) is 0.238. The van der Waals surface area contributed by atoms with Gasteiger partial charge in [-0.3, -0.25) is 0 Å². The third-order valence-electron chi connectivity index (χ3n) is 4.65. The highest BCUT2D eigenvalue weighted by atomic mass is 35.5. The number of halogens is 1. The SMILES string of the molecule is C#Cc1cc(OC)c2nc(Nc3ccc(N4CCOCC4)cc3)ncc2c1Cl. The third-order valence-corrected chi connectivity index (χ3v) is 5.05. The van der Waals surface area contributed by atoms with Crippen molar-refractivity contribution in [2.45, 2.75) is 0 Å². The second-order valence-electron chi connectivity index (χ2n) is 6.31. The van der Waals surface area contributed by atoms with E-state index < -0.39 is 0 Å². The predicted octanol–water partition coefficient (Wildman–Crippen LogP) is 3.85. The molecule has 28 heavy (non-hydrogen) atoms. The molecule has 7 heteroatoms. The van der Waals surface area contributed by atoms with Crippen molar-refractivity contribution in [3.05, 3.63) is 47.1 Å². The minimum atomic E-state index is 0.444. The van der Waals surface area contributed by atoms with Crippen LogP contribution in [0.1, 0.15) is 5.56 Å². The summed E-state index contributed by atoms with van der Waals surface area (Å²) in [6.07, 6.45) is 7.16. The molecular weight excluding hydrogens is 376 g/mol. The van der Waals surface area contributed by atoms with Gasteiger partial charge in [0.05, 0.1) is 25.3 Å². The highest BCUT2D eigenvalue weighted by molar-refractivity contribution is 6.36. The molecule has 0 saturated carbocycles. The van der Waals surface area contributed by atoms with Crippen LogP contribution in [-0.2, 0) is 4.74 Å². The molecule has 0 atom stereocenters. The van der Waals surface area contributed by atoms with Crippen molar-refractivity contribution in [3.8, 4) is 18.1 Å². The Hall–Kier alpha value is -3.01. The molecule has 4 rings (SSSR count). The lowest BCUT2D eigenvalue weighted by Crippen LogP contribution is -2.36. The van der Waals surface area contributed by atoms with E-state index in [0.29, 0.717) is 33.2 Å². The summed E-state index contributed by atoms with van der Waals surface area (Å²) in [5.74, 6) is 3.56. The van der Waals surface area contributed by atoms with Crippen molar-refractivity contribution in [1.29, 1.82) is 0 Å². The van der Waals surface area contributed by atoms with Crippen molar-refractivity contribution < 1.29 is 9.47 Å². The summed E-state index contributed by atoms with van der Waals surface area (Å²) in [7, 11) is 1.57. The van der Waals surface area contributed by atoms with E-state index in [0.717, 1.165) is 32.0 Å². The molecule has 1 saturated heterocycles. The number of nitrogens with zero attached hydrogens (tertiary/aromatic N) is 3. The lowest BCUT2D eigenvalue weighted by Gasteiger charge is -2.28. The first kappa shape index (κ1) is 18.4. The lowest BCUT2D eigenvalue weighted by molar-refractivity contribution is 0.122. The Bertz CT molecular complexity index is 1040. The van der Waals surface area contributed by atoms with Crippen LogP contribution in [0.5, 0.6) is 5.75 Å². The van der Waals surface area contributed by atoms with Crippen LogP contribution in [0.15, 0.2) is 36.5 Å². The Morgan fingerprint density at radius 1 is 1.25 bits per heavy atom. The molecule has 142 valence electrons. The van der Waals surface area contributed by atoms with Gasteiger partial charge in [0.15, 0.2) is 0 Å². The van der Waals surface area contributed by atoms with Gasteiger partial charge in [-0.15, -0.1) is 6.42 Å². The topological polar surface area (TPSA) is 59.5 Å². The number of fused-ring (bicyclic) bond motifs is 1. The Balaban J connectivity index is 1.60. The Labute approximate surface area is 168 Å². The van der Waals surface area contributed by atoms with E-state index in [1.807, 2.05) is 12.1 Å². The van der Waals surface area contributed by atoms with Crippen LogP contribution in [0.3, 0.4) is 0 Å². The second kappa shape index (κ2) is 7.93. The molecule has 0 bridgehead atoms. The van der Waals surface area contributed by atoms with Crippen LogP contribution in [0.25, 0.3) is 10.9 Å². The molecule has 2 heterocycles. The molecule has 1 aromatic heterocycles. The zero-order valence-electron chi connectivity index (χ0n) is 15.4. The number of hydrogen-bond acceptors (Lipinski definition) is 6. The van der Waals surface area contributed by atoms with Crippen molar-refractivity contribution in [3.63, 3.8) is 0 Å². The van der Waals surface area contributed by atoms with Gasteiger partial charge in [-0.25, -0.2) is 9.97 Å². The lowest BCUT2D eigenvalue weighted by atomic mass is 10.1. The molecule has 2 aromatic carbocycles. The molecule has 0 radical (unpaired) electrons. The summed E-state index contributed by atoms with van der Waals surface area (Å²) < 4.78 is 10.8. The number of anilines is 3. The zero-order valence-corrected chi connectivity index (χ0v) is 16.2. The number of rotatable bonds is 4. The highest BCUT2D eigenvalue weighted by Crippen LogP contribution is 2.33. The molecule has 0 amide bonds. The summed E-state index contributed by atoms with van der Waals surface area (Å²) in [4.78, 5) is 11.2. The zero-order chi connectivity index (χ0) is 19.5. The number of terminal acetylenes is 1. The first-order valence-corrected chi connectivity index (χ1v) is 9.27. The maximum absolute atomic E-state index is 6.36. The van der Waals surface area contributed by atoms with Gasteiger partial charge in [0.2, 0.25) is 5.95 Å². The van der Waals surface area contributed by atoms with Crippen molar-refractivity contribution in [2.24, 2.45) is 0 Å². The van der Waals surface area contributed by atoms with E-state index in [1.165, 1.54) is 5.69 Å². The Morgan fingerprint density at radius 3 is 2.68 bits per heavy atom. The number of methoxy groups -OCH3 is 1. The molecule has 0 unspecified atom stereocenters. The minimum absolute atomic E-state index is 0.444. The molecular formula is C21H19ClN4O2. The van der Waals surface area contributed by atoms with Crippen LogP contribution in [0.2, 0.25) is 5.02 Å². The molecule has 0 aliphatic carbocycles. The Kier molecular flexibility index (Phi) is 5.20. The first-order valence-electron chi connectivity index (χ1n) is 8.89. The van der Waals surface area contributed by atoms with Crippen molar-refractivity contribution in [1.82, 2.24) is 9.97 Å². The van der Waals surface area contributed by atoms with Gasteiger partial charge in [-0.1, -0.05) is 17.5 Å². The average molecular weight is 395 g/mol. The first-order chi connectivity index (χ1) is 13.7. The van der Waals surface area contributed by atoms with Crippen LogP contribution in [0.4, 0.5) is 17.3 Å². The quantitative estimate of drug-likeness (QED) is 0.678. The minimum Gasteiger partial charge on any atom is -0.494 e. The molecule has 1 aliphatic rings. The standard InChI is InChI=1S/C21H19ClN4O2/c1-3-14-12-18(27-2)20-17(19(14)22)13-23-21(25-20)24-15-4-6-16(7-5-15)26-8-10-28-11-9-26/h1,4-7,12-13H,8-11H2,2H3,(H,23,24,25). The largest absolute Gasteiger partial charge is 0.494 e. The number of ether oxygens (including phenoxy) is 2.